The van der Waals surface area contributed by atoms with Crippen LogP contribution in [-0.4, -0.2) is 23.1 Å². The molecular weight excluding hydrogens is 345 g/mol. The first kappa shape index (κ1) is 17.1. The summed E-state index contributed by atoms with van der Waals surface area (Å²) in [6.07, 6.45) is 0.451. The standard InChI is InChI=1S/C18H15ClFN3O2/c1-23(13-6-4-5-12(19)11-13)17(24)10-9-16-21-18(22-25-16)14-7-2-3-8-15(14)20/h2-8,11H,9-10H2,1H3. The van der Waals surface area contributed by atoms with Gasteiger partial charge in [0, 0.05) is 30.6 Å². The van der Waals surface area contributed by atoms with Gasteiger partial charge in [0.1, 0.15) is 5.82 Å². The van der Waals surface area contributed by atoms with Crippen molar-refractivity contribution in [2.24, 2.45) is 0 Å². The van der Waals surface area contributed by atoms with Crippen LogP contribution in [0.2, 0.25) is 5.02 Å². The fourth-order valence-corrected chi connectivity index (χ4v) is 2.50. The van der Waals surface area contributed by atoms with E-state index in [-0.39, 0.29) is 36.0 Å². The first-order valence-corrected chi connectivity index (χ1v) is 8.02. The second kappa shape index (κ2) is 7.44. The molecule has 0 aliphatic rings. The van der Waals surface area contributed by atoms with E-state index >= 15 is 0 Å². The summed E-state index contributed by atoms with van der Waals surface area (Å²) in [5, 5.41) is 4.33. The van der Waals surface area contributed by atoms with Gasteiger partial charge in [0.25, 0.3) is 0 Å². The van der Waals surface area contributed by atoms with Crippen LogP contribution >= 0.6 is 11.6 Å². The first-order valence-electron chi connectivity index (χ1n) is 7.64. The molecule has 0 unspecified atom stereocenters. The maximum atomic E-state index is 13.7. The molecule has 0 saturated carbocycles. The highest BCUT2D eigenvalue weighted by Crippen LogP contribution is 2.21. The van der Waals surface area contributed by atoms with E-state index in [2.05, 4.69) is 10.1 Å². The lowest BCUT2D eigenvalue weighted by molar-refractivity contribution is -0.118. The SMILES string of the molecule is CN(C(=O)CCc1nc(-c2ccccc2F)no1)c1cccc(Cl)c1. The molecule has 2 aromatic carbocycles. The lowest BCUT2D eigenvalue weighted by Gasteiger charge is -2.17. The molecule has 0 saturated heterocycles. The van der Waals surface area contributed by atoms with Crippen LogP contribution in [0.1, 0.15) is 12.3 Å². The van der Waals surface area contributed by atoms with Crippen molar-refractivity contribution in [2.75, 3.05) is 11.9 Å². The number of amides is 1. The smallest absolute Gasteiger partial charge is 0.227 e. The van der Waals surface area contributed by atoms with Gasteiger partial charge in [0.2, 0.25) is 17.6 Å². The number of rotatable bonds is 5. The molecule has 3 rings (SSSR count). The molecule has 7 heteroatoms. The Morgan fingerprint density at radius 1 is 1.24 bits per heavy atom. The minimum absolute atomic E-state index is 0.118. The summed E-state index contributed by atoms with van der Waals surface area (Å²) in [7, 11) is 1.67. The predicted octanol–water partition coefficient (Wildman–Crippen LogP) is 4.12. The quantitative estimate of drug-likeness (QED) is 0.687. The van der Waals surface area contributed by atoms with Crippen LogP contribution in [-0.2, 0) is 11.2 Å². The van der Waals surface area contributed by atoms with Crippen LogP contribution in [0, 0.1) is 5.82 Å². The van der Waals surface area contributed by atoms with Crippen LogP contribution in [0.5, 0.6) is 0 Å². The van der Waals surface area contributed by atoms with Gasteiger partial charge >= 0.3 is 0 Å². The van der Waals surface area contributed by atoms with E-state index in [1.54, 1.807) is 49.5 Å². The summed E-state index contributed by atoms with van der Waals surface area (Å²) in [5.74, 6) is -0.0885. The van der Waals surface area contributed by atoms with Gasteiger partial charge < -0.3 is 9.42 Å². The molecule has 3 aromatic rings. The third kappa shape index (κ3) is 4.03. The third-order valence-corrected chi connectivity index (χ3v) is 3.94. The second-order valence-electron chi connectivity index (χ2n) is 5.42. The first-order chi connectivity index (χ1) is 12.0. The number of benzene rings is 2. The molecule has 1 heterocycles. The van der Waals surface area contributed by atoms with Crippen LogP contribution < -0.4 is 4.90 Å². The summed E-state index contributed by atoms with van der Waals surface area (Å²) in [6, 6.07) is 13.2. The number of anilines is 1. The molecule has 0 aliphatic carbocycles. The van der Waals surface area contributed by atoms with E-state index < -0.39 is 5.82 Å². The number of nitrogens with zero attached hydrogens (tertiary/aromatic N) is 3. The number of hydrogen-bond donors (Lipinski definition) is 0. The van der Waals surface area contributed by atoms with Gasteiger partial charge in [-0.3, -0.25) is 4.79 Å². The summed E-state index contributed by atoms with van der Waals surface area (Å²) in [4.78, 5) is 18.0. The summed E-state index contributed by atoms with van der Waals surface area (Å²) >= 11 is 5.94. The lowest BCUT2D eigenvalue weighted by Crippen LogP contribution is -2.26. The van der Waals surface area contributed by atoms with E-state index in [0.29, 0.717) is 10.7 Å². The van der Waals surface area contributed by atoms with Gasteiger partial charge in [-0.2, -0.15) is 4.98 Å². The van der Waals surface area contributed by atoms with Crippen molar-refractivity contribution in [2.45, 2.75) is 12.8 Å². The summed E-state index contributed by atoms with van der Waals surface area (Å²) in [5.41, 5.74) is 0.968. The highest BCUT2D eigenvalue weighted by atomic mass is 35.5. The number of carbonyl (C=O) groups excluding carboxylic acids is 1. The third-order valence-electron chi connectivity index (χ3n) is 3.71. The van der Waals surface area contributed by atoms with Gasteiger partial charge in [-0.1, -0.05) is 35.0 Å². The Kier molecular flexibility index (Phi) is 5.09. The van der Waals surface area contributed by atoms with Gasteiger partial charge in [0.05, 0.1) is 5.56 Å². The highest BCUT2D eigenvalue weighted by molar-refractivity contribution is 6.30. The molecule has 1 amide bonds. The van der Waals surface area contributed by atoms with Gasteiger partial charge in [-0.15, -0.1) is 0 Å². The number of aromatic nitrogens is 2. The van der Waals surface area contributed by atoms with Crippen molar-refractivity contribution in [1.29, 1.82) is 0 Å². The van der Waals surface area contributed by atoms with Gasteiger partial charge in [0.15, 0.2) is 0 Å². The molecule has 0 fully saturated rings. The Hall–Kier alpha value is -2.73. The van der Waals surface area contributed by atoms with E-state index in [4.69, 9.17) is 16.1 Å². The van der Waals surface area contributed by atoms with Crippen molar-refractivity contribution >= 4 is 23.2 Å². The van der Waals surface area contributed by atoms with Crippen molar-refractivity contribution < 1.29 is 13.7 Å². The molecular formula is C18H15ClFN3O2. The second-order valence-corrected chi connectivity index (χ2v) is 5.86. The summed E-state index contributed by atoms with van der Waals surface area (Å²) in [6.45, 7) is 0. The van der Waals surface area contributed by atoms with Crippen molar-refractivity contribution in [3.8, 4) is 11.4 Å². The lowest BCUT2D eigenvalue weighted by atomic mass is 10.2. The fourth-order valence-electron chi connectivity index (χ4n) is 2.32. The topological polar surface area (TPSA) is 59.2 Å². The van der Waals surface area contributed by atoms with Crippen LogP contribution in [0.15, 0.2) is 53.1 Å². The average molecular weight is 360 g/mol. The van der Waals surface area contributed by atoms with Gasteiger partial charge in [-0.05, 0) is 30.3 Å². The fraction of sp³-hybridized carbons (Fsp3) is 0.167. The van der Waals surface area contributed by atoms with E-state index in [0.717, 1.165) is 0 Å². The van der Waals surface area contributed by atoms with Crippen LogP contribution in [0.4, 0.5) is 10.1 Å². The number of carbonyl (C=O) groups is 1. The maximum Gasteiger partial charge on any atom is 0.227 e. The predicted molar refractivity (Wildman–Crippen MR) is 92.9 cm³/mol. The zero-order valence-corrected chi connectivity index (χ0v) is 14.2. The summed E-state index contributed by atoms with van der Waals surface area (Å²) < 4.78 is 18.8. The normalized spacial score (nSPS) is 10.7. The molecule has 0 aliphatic heterocycles. The Morgan fingerprint density at radius 2 is 2.04 bits per heavy atom. The zero-order valence-electron chi connectivity index (χ0n) is 13.4. The van der Waals surface area contributed by atoms with Gasteiger partial charge in [-0.25, -0.2) is 4.39 Å². The molecule has 5 nitrogen and oxygen atoms in total. The maximum absolute atomic E-state index is 13.7. The molecule has 1 aromatic heterocycles. The van der Waals surface area contributed by atoms with Crippen molar-refractivity contribution in [3.05, 3.63) is 65.3 Å². The Bertz CT molecular complexity index is 897. The number of aryl methyl sites for hydroxylation is 1. The van der Waals surface area contributed by atoms with Crippen LogP contribution in [0.25, 0.3) is 11.4 Å². The van der Waals surface area contributed by atoms with E-state index in [1.165, 1.54) is 11.0 Å². The molecule has 0 spiro atoms. The van der Waals surface area contributed by atoms with E-state index in [1.807, 2.05) is 0 Å². The zero-order chi connectivity index (χ0) is 17.8. The molecule has 25 heavy (non-hydrogen) atoms. The Labute approximate surface area is 149 Å². The molecule has 0 bridgehead atoms. The Balaban J connectivity index is 1.64. The average Bonchev–Trinajstić information content (AvgIpc) is 3.08. The number of hydrogen-bond acceptors (Lipinski definition) is 4. The molecule has 128 valence electrons. The van der Waals surface area contributed by atoms with Crippen molar-refractivity contribution in [1.82, 2.24) is 10.1 Å². The van der Waals surface area contributed by atoms with Crippen LogP contribution in [0.3, 0.4) is 0 Å². The molecule has 0 atom stereocenters. The van der Waals surface area contributed by atoms with Crippen molar-refractivity contribution in [3.63, 3.8) is 0 Å². The highest BCUT2D eigenvalue weighted by Gasteiger charge is 2.16. The minimum Gasteiger partial charge on any atom is -0.339 e. The molecule has 0 radical (unpaired) electrons. The molecule has 0 N–H and O–H groups in total. The minimum atomic E-state index is -0.424. The largest absolute Gasteiger partial charge is 0.339 e. The Morgan fingerprint density at radius 3 is 2.80 bits per heavy atom. The number of halogens is 2. The monoisotopic (exact) mass is 359 g/mol. The van der Waals surface area contributed by atoms with E-state index in [9.17, 15) is 9.18 Å².